The van der Waals surface area contributed by atoms with Crippen molar-refractivity contribution >= 4 is 0 Å². The van der Waals surface area contributed by atoms with Gasteiger partial charge in [0.15, 0.2) is 0 Å². The van der Waals surface area contributed by atoms with Gasteiger partial charge in [0, 0.05) is 37.9 Å². The van der Waals surface area contributed by atoms with Crippen LogP contribution in [0.2, 0.25) is 0 Å². The van der Waals surface area contributed by atoms with E-state index in [9.17, 15) is 0 Å². The van der Waals surface area contributed by atoms with Crippen molar-refractivity contribution in [2.75, 3.05) is 26.7 Å². The maximum atomic E-state index is 4.16. The van der Waals surface area contributed by atoms with Gasteiger partial charge in [0.25, 0.3) is 0 Å². The minimum Gasteiger partial charge on any atom is -0.309 e. The van der Waals surface area contributed by atoms with E-state index in [-0.39, 0.29) is 0 Å². The van der Waals surface area contributed by atoms with Crippen LogP contribution in [0.4, 0.5) is 0 Å². The zero-order valence-electron chi connectivity index (χ0n) is 10.2. The monoisotopic (exact) mass is 210 g/mol. The number of likely N-dealkylation sites (N-methyl/N-ethyl adjacent to an activating group) is 1. The van der Waals surface area contributed by atoms with Crippen molar-refractivity contribution < 1.29 is 0 Å². The summed E-state index contributed by atoms with van der Waals surface area (Å²) in [5.74, 6) is 0. The number of nitrogens with zero attached hydrogens (tertiary/aromatic N) is 3. The van der Waals surface area contributed by atoms with Gasteiger partial charge in [0.05, 0.1) is 6.20 Å². The normalized spacial score (nSPS) is 13.4. The molecular formula is C11H22N4. The molecule has 1 N–H and O–H groups in total. The van der Waals surface area contributed by atoms with Crippen LogP contribution in [0.5, 0.6) is 0 Å². The molecule has 0 radical (unpaired) electrons. The Morgan fingerprint density at radius 3 is 2.87 bits per heavy atom. The van der Waals surface area contributed by atoms with Crippen molar-refractivity contribution in [3.8, 4) is 0 Å². The summed E-state index contributed by atoms with van der Waals surface area (Å²) >= 11 is 0. The first-order chi connectivity index (χ1) is 7.13. The first kappa shape index (κ1) is 12.2. The molecule has 0 aliphatic heterocycles. The Labute approximate surface area is 92.3 Å². The lowest BCUT2D eigenvalue weighted by molar-refractivity contribution is 0.342. The molecule has 1 aromatic rings. The highest BCUT2D eigenvalue weighted by atomic mass is 15.2. The van der Waals surface area contributed by atoms with Crippen LogP contribution in [0.3, 0.4) is 0 Å². The van der Waals surface area contributed by atoms with Gasteiger partial charge in [-0.25, -0.2) is 0 Å². The largest absolute Gasteiger partial charge is 0.309 e. The van der Waals surface area contributed by atoms with E-state index in [4.69, 9.17) is 0 Å². The molecule has 1 heterocycles. The van der Waals surface area contributed by atoms with Crippen LogP contribution in [-0.2, 0) is 7.05 Å². The van der Waals surface area contributed by atoms with Gasteiger partial charge in [-0.05, 0) is 20.5 Å². The number of hydrogen-bond acceptors (Lipinski definition) is 3. The van der Waals surface area contributed by atoms with E-state index >= 15 is 0 Å². The van der Waals surface area contributed by atoms with Crippen LogP contribution in [-0.4, -0.2) is 41.4 Å². The van der Waals surface area contributed by atoms with Crippen LogP contribution in [0.15, 0.2) is 12.4 Å². The summed E-state index contributed by atoms with van der Waals surface area (Å²) in [7, 11) is 4.08. The van der Waals surface area contributed by atoms with E-state index in [1.165, 1.54) is 5.56 Å². The first-order valence-electron chi connectivity index (χ1n) is 5.54. The van der Waals surface area contributed by atoms with Gasteiger partial charge in [-0.3, -0.25) is 4.68 Å². The minimum atomic E-state index is 0.379. The van der Waals surface area contributed by atoms with Crippen LogP contribution in [0.1, 0.15) is 25.5 Å². The molecule has 1 unspecified atom stereocenters. The molecule has 0 saturated heterocycles. The highest BCUT2D eigenvalue weighted by Crippen LogP contribution is 2.09. The van der Waals surface area contributed by atoms with Gasteiger partial charge in [0.2, 0.25) is 0 Å². The van der Waals surface area contributed by atoms with E-state index in [1.807, 2.05) is 17.9 Å². The first-order valence-corrected chi connectivity index (χ1v) is 5.54. The highest BCUT2D eigenvalue weighted by Gasteiger charge is 2.06. The van der Waals surface area contributed by atoms with Crippen molar-refractivity contribution in [3.05, 3.63) is 18.0 Å². The van der Waals surface area contributed by atoms with E-state index in [0.717, 1.165) is 19.6 Å². The van der Waals surface area contributed by atoms with Crippen molar-refractivity contribution in [1.29, 1.82) is 0 Å². The number of hydrogen-bond donors (Lipinski definition) is 1. The molecule has 4 nitrogen and oxygen atoms in total. The van der Waals surface area contributed by atoms with Crippen LogP contribution in [0, 0.1) is 0 Å². The zero-order valence-corrected chi connectivity index (χ0v) is 10.2. The average molecular weight is 210 g/mol. The molecule has 15 heavy (non-hydrogen) atoms. The molecule has 0 spiro atoms. The molecule has 1 atom stereocenters. The van der Waals surface area contributed by atoms with Crippen LogP contribution in [0.25, 0.3) is 0 Å². The molecule has 0 fully saturated rings. The number of aromatic nitrogens is 2. The molecule has 4 heteroatoms. The van der Waals surface area contributed by atoms with Crippen molar-refractivity contribution in [2.45, 2.75) is 19.9 Å². The summed E-state index contributed by atoms with van der Waals surface area (Å²) in [4.78, 5) is 2.29. The second-order valence-corrected chi connectivity index (χ2v) is 4.02. The predicted molar refractivity (Wildman–Crippen MR) is 62.8 cm³/mol. The van der Waals surface area contributed by atoms with Crippen molar-refractivity contribution in [3.63, 3.8) is 0 Å². The van der Waals surface area contributed by atoms with Gasteiger partial charge in [-0.15, -0.1) is 0 Å². The lowest BCUT2D eigenvalue weighted by atomic mass is 10.2. The van der Waals surface area contributed by atoms with Crippen LogP contribution < -0.4 is 5.32 Å². The van der Waals surface area contributed by atoms with E-state index in [2.05, 4.69) is 42.4 Å². The Balaban J connectivity index is 2.27. The summed E-state index contributed by atoms with van der Waals surface area (Å²) in [5.41, 5.74) is 1.25. The number of aryl methyl sites for hydroxylation is 1. The molecule has 1 rings (SSSR count). The van der Waals surface area contributed by atoms with E-state index < -0.39 is 0 Å². The van der Waals surface area contributed by atoms with E-state index in [0.29, 0.717) is 6.04 Å². The summed E-state index contributed by atoms with van der Waals surface area (Å²) in [5, 5.41) is 7.65. The molecular weight excluding hydrogens is 188 g/mol. The fourth-order valence-corrected chi connectivity index (χ4v) is 1.41. The van der Waals surface area contributed by atoms with Gasteiger partial charge < -0.3 is 10.2 Å². The topological polar surface area (TPSA) is 33.1 Å². The van der Waals surface area contributed by atoms with Crippen LogP contribution >= 0.6 is 0 Å². The van der Waals surface area contributed by atoms with Gasteiger partial charge >= 0.3 is 0 Å². The molecule has 0 aliphatic rings. The lowest BCUT2D eigenvalue weighted by Gasteiger charge is -2.17. The fraction of sp³-hybridized carbons (Fsp3) is 0.727. The van der Waals surface area contributed by atoms with E-state index in [1.54, 1.807) is 0 Å². The summed E-state index contributed by atoms with van der Waals surface area (Å²) in [6.45, 7) is 7.54. The van der Waals surface area contributed by atoms with Crippen molar-refractivity contribution in [1.82, 2.24) is 20.0 Å². The molecule has 1 aromatic heterocycles. The number of rotatable bonds is 6. The summed E-state index contributed by atoms with van der Waals surface area (Å²) in [6.07, 6.45) is 3.97. The highest BCUT2D eigenvalue weighted by molar-refractivity contribution is 5.08. The molecule has 0 bridgehead atoms. The Morgan fingerprint density at radius 2 is 2.33 bits per heavy atom. The summed E-state index contributed by atoms with van der Waals surface area (Å²) in [6, 6.07) is 0.379. The Kier molecular flexibility index (Phi) is 4.78. The molecule has 0 amide bonds. The molecule has 0 aliphatic carbocycles. The average Bonchev–Trinajstić information content (AvgIpc) is 2.64. The second kappa shape index (κ2) is 5.88. The third kappa shape index (κ3) is 4.01. The molecule has 86 valence electrons. The third-order valence-corrected chi connectivity index (χ3v) is 2.71. The van der Waals surface area contributed by atoms with Gasteiger partial charge in [-0.2, -0.15) is 5.10 Å². The zero-order chi connectivity index (χ0) is 11.3. The summed E-state index contributed by atoms with van der Waals surface area (Å²) < 4.78 is 1.84. The molecule has 0 aromatic carbocycles. The smallest absolute Gasteiger partial charge is 0.0537 e. The fourth-order valence-electron chi connectivity index (χ4n) is 1.41. The second-order valence-electron chi connectivity index (χ2n) is 4.02. The Hall–Kier alpha value is -0.870. The lowest BCUT2D eigenvalue weighted by Crippen LogP contribution is -2.30. The Morgan fingerprint density at radius 1 is 1.60 bits per heavy atom. The molecule has 0 saturated carbocycles. The Bertz CT molecular complexity index is 282. The maximum Gasteiger partial charge on any atom is 0.0537 e. The van der Waals surface area contributed by atoms with Crippen molar-refractivity contribution in [2.24, 2.45) is 7.05 Å². The standard InChI is InChI=1S/C11H22N4/c1-5-14(3)7-6-12-10(2)11-8-13-15(4)9-11/h8-10,12H,5-7H2,1-4H3. The predicted octanol–water partition coefficient (Wildman–Crippen LogP) is 1.02. The SMILES string of the molecule is CCN(C)CCNC(C)c1cnn(C)c1. The number of nitrogens with one attached hydrogen (secondary N) is 1. The quantitative estimate of drug-likeness (QED) is 0.761. The van der Waals surface area contributed by atoms with Gasteiger partial charge in [0.1, 0.15) is 0 Å². The third-order valence-electron chi connectivity index (χ3n) is 2.71. The van der Waals surface area contributed by atoms with Gasteiger partial charge in [-0.1, -0.05) is 6.92 Å². The maximum absolute atomic E-state index is 4.16. The minimum absolute atomic E-state index is 0.379.